The van der Waals surface area contributed by atoms with E-state index in [2.05, 4.69) is 9.88 Å². The number of methoxy groups -OCH3 is 1. The molecule has 0 bridgehead atoms. The van der Waals surface area contributed by atoms with E-state index in [4.69, 9.17) is 16.3 Å². The van der Waals surface area contributed by atoms with Crippen LogP contribution in [0.5, 0.6) is 0 Å². The number of aromatic nitrogens is 1. The second-order valence-corrected chi connectivity index (χ2v) is 7.92. The molecule has 1 heterocycles. The first-order valence-electron chi connectivity index (χ1n) is 9.75. The van der Waals surface area contributed by atoms with Gasteiger partial charge >= 0.3 is 5.97 Å². The number of nitrogens with one attached hydrogen (secondary N) is 1. The molecule has 1 saturated carbocycles. The van der Waals surface area contributed by atoms with Crippen molar-refractivity contribution in [1.29, 1.82) is 0 Å². The third kappa shape index (κ3) is 3.87. The highest BCUT2D eigenvalue weighted by Crippen LogP contribution is 2.36. The Bertz CT molecular complexity index is 1070. The van der Waals surface area contributed by atoms with Crippen LogP contribution in [0.15, 0.2) is 48.5 Å². The van der Waals surface area contributed by atoms with Crippen LogP contribution in [0.1, 0.15) is 52.2 Å². The molecule has 0 aliphatic heterocycles. The summed E-state index contributed by atoms with van der Waals surface area (Å²) in [4.78, 5) is 24.8. The monoisotopic (exact) mass is 410 g/mol. The van der Waals surface area contributed by atoms with E-state index >= 15 is 0 Å². The van der Waals surface area contributed by atoms with Gasteiger partial charge in [-0.1, -0.05) is 41.9 Å². The zero-order valence-corrected chi connectivity index (χ0v) is 17.2. The van der Waals surface area contributed by atoms with Gasteiger partial charge in [-0.3, -0.25) is 4.79 Å². The zero-order chi connectivity index (χ0) is 20.5. The maximum Gasteiger partial charge on any atom is 0.337 e. The molecule has 150 valence electrons. The summed E-state index contributed by atoms with van der Waals surface area (Å²) in [5, 5.41) is 4.44. The molecule has 29 heavy (non-hydrogen) atoms. The molecule has 2 aromatic carbocycles. The average Bonchev–Trinajstić information content (AvgIpc) is 3.52. The minimum Gasteiger partial charge on any atom is -0.465 e. The fourth-order valence-corrected chi connectivity index (χ4v) is 3.95. The van der Waals surface area contributed by atoms with Gasteiger partial charge in [-0.2, -0.15) is 0 Å². The first-order valence-corrected chi connectivity index (χ1v) is 10.1. The van der Waals surface area contributed by atoms with E-state index in [1.807, 2.05) is 43.3 Å². The predicted molar refractivity (Wildman–Crippen MR) is 113 cm³/mol. The van der Waals surface area contributed by atoms with Crippen LogP contribution >= 0.6 is 11.6 Å². The molecule has 6 heteroatoms. The quantitative estimate of drug-likeness (QED) is 0.583. The normalized spacial score (nSPS) is 14.6. The lowest BCUT2D eigenvalue weighted by Crippen LogP contribution is -2.29. The van der Waals surface area contributed by atoms with Gasteiger partial charge in [0.15, 0.2) is 0 Å². The summed E-state index contributed by atoms with van der Waals surface area (Å²) in [6, 6.07) is 14.6. The molecule has 1 aliphatic rings. The van der Waals surface area contributed by atoms with Crippen molar-refractivity contribution in [3.8, 4) is 0 Å². The second-order valence-electron chi connectivity index (χ2n) is 7.54. The molecule has 0 radical (unpaired) electrons. The van der Waals surface area contributed by atoms with E-state index in [1.165, 1.54) is 20.0 Å². The average molecular weight is 411 g/mol. The van der Waals surface area contributed by atoms with Gasteiger partial charge in [0.25, 0.3) is 5.91 Å². The summed E-state index contributed by atoms with van der Waals surface area (Å²) in [5.41, 5.74) is 2.87. The smallest absolute Gasteiger partial charge is 0.337 e. The maximum absolute atomic E-state index is 13.2. The zero-order valence-electron chi connectivity index (χ0n) is 16.4. The molecule has 0 saturated heterocycles. The highest BCUT2D eigenvalue weighted by Gasteiger charge is 2.28. The standard InChI is InChI=1S/C23H23ClN2O3/c1-14(16-9-11-17(12-10-16)23(28)29-2)25-22(27)21-20(24)18-5-3-4-6-19(18)26(21)13-15-7-8-15/h3-6,9-12,14-15H,7-8,13H2,1-2H3,(H,25,27)/t14-/m0/s1. The fourth-order valence-electron chi connectivity index (χ4n) is 3.61. The summed E-state index contributed by atoms with van der Waals surface area (Å²) in [5.74, 6) is 0.0257. The molecule has 1 N–H and O–H groups in total. The first kappa shape index (κ1) is 19.5. The number of fused-ring (bicyclic) bond motifs is 1. The first-order chi connectivity index (χ1) is 14.0. The van der Waals surface area contributed by atoms with Crippen LogP contribution in [0.3, 0.4) is 0 Å². The number of amides is 1. The van der Waals surface area contributed by atoms with Gasteiger partial charge in [0.1, 0.15) is 5.69 Å². The number of halogens is 1. The number of hydrogen-bond acceptors (Lipinski definition) is 3. The van der Waals surface area contributed by atoms with Gasteiger partial charge in [0.2, 0.25) is 0 Å². The predicted octanol–water partition coefficient (Wildman–Crippen LogP) is 4.98. The Balaban J connectivity index is 1.60. The number of esters is 1. The van der Waals surface area contributed by atoms with Gasteiger partial charge in [-0.25, -0.2) is 4.79 Å². The molecule has 0 spiro atoms. The minimum atomic E-state index is -0.385. The van der Waals surface area contributed by atoms with Crippen LogP contribution < -0.4 is 5.32 Å². The number of carbonyl (C=O) groups excluding carboxylic acids is 2. The SMILES string of the molecule is COC(=O)c1ccc([C@H](C)NC(=O)c2c(Cl)c3ccccc3n2CC2CC2)cc1. The molecule has 1 fully saturated rings. The number of hydrogen-bond donors (Lipinski definition) is 1. The van der Waals surface area contributed by atoms with Crippen LogP contribution in [0, 0.1) is 5.92 Å². The number of rotatable bonds is 6. The van der Waals surface area contributed by atoms with Crippen LogP contribution in [-0.4, -0.2) is 23.6 Å². The fraction of sp³-hybridized carbons (Fsp3) is 0.304. The Hall–Kier alpha value is -2.79. The van der Waals surface area contributed by atoms with E-state index in [0.29, 0.717) is 22.2 Å². The lowest BCUT2D eigenvalue weighted by atomic mass is 10.1. The Morgan fingerprint density at radius 1 is 1.17 bits per heavy atom. The third-order valence-electron chi connectivity index (χ3n) is 5.44. The van der Waals surface area contributed by atoms with Crippen molar-refractivity contribution < 1.29 is 14.3 Å². The maximum atomic E-state index is 13.2. The summed E-state index contributed by atoms with van der Waals surface area (Å²) in [6.07, 6.45) is 2.38. The molecule has 5 nitrogen and oxygen atoms in total. The van der Waals surface area contributed by atoms with Crippen LogP contribution in [0.25, 0.3) is 10.9 Å². The van der Waals surface area contributed by atoms with E-state index < -0.39 is 0 Å². The molecular formula is C23H23ClN2O3. The van der Waals surface area contributed by atoms with Gasteiger partial charge in [-0.05, 0) is 49.4 Å². The summed E-state index contributed by atoms with van der Waals surface area (Å²) in [6.45, 7) is 2.71. The Labute approximate surface area is 174 Å². The molecule has 1 aromatic heterocycles. The molecule has 3 aromatic rings. The highest BCUT2D eigenvalue weighted by atomic mass is 35.5. The van der Waals surface area contributed by atoms with Gasteiger partial charge in [0.05, 0.1) is 29.3 Å². The van der Waals surface area contributed by atoms with Gasteiger partial charge in [-0.15, -0.1) is 0 Å². The summed E-state index contributed by atoms with van der Waals surface area (Å²) < 4.78 is 6.78. The second kappa shape index (κ2) is 7.91. The summed E-state index contributed by atoms with van der Waals surface area (Å²) >= 11 is 6.63. The molecule has 1 aliphatic carbocycles. The molecule has 0 unspecified atom stereocenters. The lowest BCUT2D eigenvalue weighted by Gasteiger charge is -2.16. The van der Waals surface area contributed by atoms with Crippen molar-refractivity contribution in [2.75, 3.05) is 7.11 Å². The minimum absolute atomic E-state index is 0.198. The van der Waals surface area contributed by atoms with Crippen molar-refractivity contribution in [2.45, 2.75) is 32.4 Å². The Kier molecular flexibility index (Phi) is 5.33. The Morgan fingerprint density at radius 3 is 2.52 bits per heavy atom. The van der Waals surface area contributed by atoms with Crippen LogP contribution in [0.4, 0.5) is 0 Å². The van der Waals surface area contributed by atoms with Crippen molar-refractivity contribution in [3.05, 3.63) is 70.4 Å². The lowest BCUT2D eigenvalue weighted by molar-refractivity contribution is 0.0600. The van der Waals surface area contributed by atoms with Gasteiger partial charge < -0.3 is 14.6 Å². The number of ether oxygens (including phenoxy) is 1. The van der Waals surface area contributed by atoms with Crippen molar-refractivity contribution in [3.63, 3.8) is 0 Å². The third-order valence-corrected chi connectivity index (χ3v) is 5.82. The van der Waals surface area contributed by atoms with Crippen LogP contribution in [0.2, 0.25) is 5.02 Å². The van der Waals surface area contributed by atoms with Gasteiger partial charge in [0, 0.05) is 11.9 Å². The van der Waals surface area contributed by atoms with E-state index in [1.54, 1.807) is 12.1 Å². The molecular weight excluding hydrogens is 388 g/mol. The van der Waals surface area contributed by atoms with E-state index in [0.717, 1.165) is 23.0 Å². The van der Waals surface area contributed by atoms with Crippen LogP contribution in [-0.2, 0) is 11.3 Å². The van der Waals surface area contributed by atoms with Crippen molar-refractivity contribution in [2.24, 2.45) is 5.92 Å². The topological polar surface area (TPSA) is 60.3 Å². The van der Waals surface area contributed by atoms with E-state index in [-0.39, 0.29) is 17.9 Å². The van der Waals surface area contributed by atoms with Crippen molar-refractivity contribution in [1.82, 2.24) is 9.88 Å². The molecule has 1 atom stereocenters. The largest absolute Gasteiger partial charge is 0.465 e. The highest BCUT2D eigenvalue weighted by molar-refractivity contribution is 6.38. The Morgan fingerprint density at radius 2 is 1.86 bits per heavy atom. The molecule has 1 amide bonds. The number of carbonyl (C=O) groups is 2. The molecule has 4 rings (SSSR count). The number of benzene rings is 2. The number of para-hydroxylation sites is 1. The summed E-state index contributed by atoms with van der Waals surface area (Å²) in [7, 11) is 1.35. The van der Waals surface area contributed by atoms with Crippen molar-refractivity contribution >= 4 is 34.4 Å². The van der Waals surface area contributed by atoms with E-state index in [9.17, 15) is 9.59 Å². The number of nitrogens with zero attached hydrogens (tertiary/aromatic N) is 1.